The molecule has 1 aromatic rings. The van der Waals surface area contributed by atoms with E-state index < -0.39 is 6.10 Å². The van der Waals surface area contributed by atoms with Crippen molar-refractivity contribution in [3.8, 4) is 0 Å². The third-order valence-electron chi connectivity index (χ3n) is 1.89. The van der Waals surface area contributed by atoms with Crippen molar-refractivity contribution in [1.29, 1.82) is 0 Å². The summed E-state index contributed by atoms with van der Waals surface area (Å²) in [6, 6.07) is 5.48. The Bertz CT molecular complexity index is 322. The second-order valence-electron chi connectivity index (χ2n) is 3.10. The molecule has 0 fully saturated rings. The molecular weight excluding hydrogens is 234 g/mol. The Balaban J connectivity index is 2.69. The predicted molar refractivity (Wildman–Crippen MR) is 63.2 cm³/mol. The molecule has 0 heterocycles. The lowest BCUT2D eigenvalue weighted by molar-refractivity contribution is 0.113. The Kier molecular flexibility index (Phi) is 5.42. The first kappa shape index (κ1) is 12.8. The van der Waals surface area contributed by atoms with E-state index in [2.05, 4.69) is 0 Å². The average Bonchev–Trinajstić information content (AvgIpc) is 2.26. The number of aliphatic hydroxyl groups excluding tert-OH is 2. The Hall–Kier alpha value is -0.260. The van der Waals surface area contributed by atoms with Crippen molar-refractivity contribution in [1.82, 2.24) is 0 Å². The van der Waals surface area contributed by atoms with E-state index in [1.165, 1.54) is 11.8 Å². The molecule has 1 rings (SSSR count). The zero-order chi connectivity index (χ0) is 11.3. The second kappa shape index (κ2) is 6.35. The lowest BCUT2D eigenvalue weighted by Crippen LogP contribution is -2.14. The number of hydrogen-bond acceptors (Lipinski definition) is 4. The largest absolute Gasteiger partial charge is 0.394 e. The van der Waals surface area contributed by atoms with Crippen molar-refractivity contribution in [2.45, 2.75) is 17.5 Å². The number of aliphatic hydroxyl groups is 2. The number of hydrogen-bond donors (Lipinski definition) is 3. The minimum Gasteiger partial charge on any atom is -0.394 e. The van der Waals surface area contributed by atoms with Crippen molar-refractivity contribution in [2.24, 2.45) is 5.73 Å². The van der Waals surface area contributed by atoms with E-state index in [-0.39, 0.29) is 6.61 Å². The van der Waals surface area contributed by atoms with E-state index in [0.29, 0.717) is 17.3 Å². The molecule has 5 heteroatoms. The molecule has 0 aromatic heterocycles. The van der Waals surface area contributed by atoms with Crippen molar-refractivity contribution in [3.63, 3.8) is 0 Å². The molecule has 0 saturated heterocycles. The Morgan fingerprint density at radius 1 is 1.47 bits per heavy atom. The SMILES string of the molecule is NCc1ccc(Cl)cc1SCC(O)CO. The summed E-state index contributed by atoms with van der Waals surface area (Å²) < 4.78 is 0. The van der Waals surface area contributed by atoms with Crippen LogP contribution in [0.25, 0.3) is 0 Å². The smallest absolute Gasteiger partial charge is 0.0864 e. The van der Waals surface area contributed by atoms with Crippen molar-refractivity contribution in [2.75, 3.05) is 12.4 Å². The molecule has 3 nitrogen and oxygen atoms in total. The first-order valence-electron chi connectivity index (χ1n) is 4.57. The maximum absolute atomic E-state index is 9.22. The quantitative estimate of drug-likeness (QED) is 0.685. The van der Waals surface area contributed by atoms with Gasteiger partial charge in [-0.25, -0.2) is 0 Å². The highest BCUT2D eigenvalue weighted by molar-refractivity contribution is 7.99. The standard InChI is InChI=1S/C10H14ClNO2S/c11-8-2-1-7(4-12)10(3-8)15-6-9(14)5-13/h1-3,9,13-14H,4-6,12H2. The van der Waals surface area contributed by atoms with Crippen LogP contribution in [0.2, 0.25) is 5.02 Å². The fourth-order valence-electron chi connectivity index (χ4n) is 1.07. The first-order valence-corrected chi connectivity index (χ1v) is 5.94. The molecule has 0 aliphatic rings. The minimum absolute atomic E-state index is 0.231. The van der Waals surface area contributed by atoms with Crippen LogP contribution in [-0.4, -0.2) is 28.7 Å². The summed E-state index contributed by atoms with van der Waals surface area (Å²) >= 11 is 7.30. The van der Waals surface area contributed by atoms with Gasteiger partial charge in [-0.05, 0) is 17.7 Å². The van der Waals surface area contributed by atoms with Gasteiger partial charge in [-0.2, -0.15) is 0 Å². The molecule has 0 aliphatic heterocycles. The molecule has 4 N–H and O–H groups in total. The average molecular weight is 248 g/mol. The van der Waals surface area contributed by atoms with Gasteiger partial charge in [0.2, 0.25) is 0 Å². The van der Waals surface area contributed by atoms with E-state index in [4.69, 9.17) is 22.4 Å². The maximum atomic E-state index is 9.22. The van der Waals surface area contributed by atoms with Gasteiger partial charge in [-0.15, -0.1) is 11.8 Å². The number of halogens is 1. The Morgan fingerprint density at radius 2 is 2.20 bits per heavy atom. The normalized spacial score (nSPS) is 12.8. The molecule has 0 amide bonds. The highest BCUT2D eigenvalue weighted by Gasteiger charge is 2.06. The summed E-state index contributed by atoms with van der Waals surface area (Å²) in [6.45, 7) is 0.209. The fourth-order valence-corrected chi connectivity index (χ4v) is 2.33. The first-order chi connectivity index (χ1) is 7.17. The number of thioether (sulfide) groups is 1. The molecule has 0 spiro atoms. The van der Waals surface area contributed by atoms with Crippen molar-refractivity contribution >= 4 is 23.4 Å². The summed E-state index contributed by atoms with van der Waals surface area (Å²) in [6.07, 6.45) is -0.709. The molecule has 15 heavy (non-hydrogen) atoms. The van der Waals surface area contributed by atoms with Crippen LogP contribution in [-0.2, 0) is 6.54 Å². The van der Waals surface area contributed by atoms with Gasteiger partial charge in [0.25, 0.3) is 0 Å². The van der Waals surface area contributed by atoms with Gasteiger partial charge < -0.3 is 15.9 Å². The van der Waals surface area contributed by atoms with Crippen LogP contribution in [0.5, 0.6) is 0 Å². The van der Waals surface area contributed by atoms with Crippen LogP contribution in [0.15, 0.2) is 23.1 Å². The van der Waals surface area contributed by atoms with Crippen molar-refractivity contribution < 1.29 is 10.2 Å². The van der Waals surface area contributed by atoms with Crippen LogP contribution < -0.4 is 5.73 Å². The van der Waals surface area contributed by atoms with E-state index in [1.54, 1.807) is 6.07 Å². The predicted octanol–water partition coefficient (Wildman–Crippen LogP) is 1.24. The highest BCUT2D eigenvalue weighted by atomic mass is 35.5. The molecule has 0 saturated carbocycles. The summed E-state index contributed by atoms with van der Waals surface area (Å²) in [4.78, 5) is 0.956. The Morgan fingerprint density at radius 3 is 2.80 bits per heavy atom. The molecule has 0 radical (unpaired) electrons. The molecule has 1 atom stereocenters. The summed E-state index contributed by atoms with van der Waals surface area (Å²) in [5, 5.41) is 18.5. The van der Waals surface area contributed by atoms with Crippen molar-refractivity contribution in [3.05, 3.63) is 28.8 Å². The minimum atomic E-state index is -0.709. The molecule has 1 aromatic carbocycles. The van der Waals surface area contributed by atoms with Gasteiger partial charge in [0.1, 0.15) is 0 Å². The van der Waals surface area contributed by atoms with Gasteiger partial charge in [0.15, 0.2) is 0 Å². The van der Waals surface area contributed by atoms with Crippen LogP contribution in [0.1, 0.15) is 5.56 Å². The zero-order valence-electron chi connectivity index (χ0n) is 8.19. The van der Waals surface area contributed by atoms with Crippen LogP contribution in [0.4, 0.5) is 0 Å². The van der Waals surface area contributed by atoms with Crippen LogP contribution in [0.3, 0.4) is 0 Å². The number of rotatable bonds is 5. The van der Waals surface area contributed by atoms with E-state index in [9.17, 15) is 5.11 Å². The maximum Gasteiger partial charge on any atom is 0.0864 e. The molecule has 0 aliphatic carbocycles. The van der Waals surface area contributed by atoms with Gasteiger partial charge in [-0.1, -0.05) is 17.7 Å². The number of benzene rings is 1. The van der Waals surface area contributed by atoms with E-state index in [1.807, 2.05) is 12.1 Å². The monoisotopic (exact) mass is 247 g/mol. The number of nitrogens with two attached hydrogens (primary N) is 1. The van der Waals surface area contributed by atoms with E-state index >= 15 is 0 Å². The molecular formula is C10H14ClNO2S. The van der Waals surface area contributed by atoms with Crippen LogP contribution >= 0.6 is 23.4 Å². The zero-order valence-corrected chi connectivity index (χ0v) is 9.76. The highest BCUT2D eigenvalue weighted by Crippen LogP contribution is 2.26. The van der Waals surface area contributed by atoms with Crippen LogP contribution in [0, 0.1) is 0 Å². The topological polar surface area (TPSA) is 66.5 Å². The molecule has 84 valence electrons. The molecule has 1 unspecified atom stereocenters. The Labute approximate surface area is 98.2 Å². The summed E-state index contributed by atoms with van der Waals surface area (Å²) in [7, 11) is 0. The molecule has 0 bridgehead atoms. The second-order valence-corrected chi connectivity index (χ2v) is 4.60. The van der Waals surface area contributed by atoms with Gasteiger partial charge in [-0.3, -0.25) is 0 Å². The fraction of sp³-hybridized carbons (Fsp3) is 0.400. The van der Waals surface area contributed by atoms with E-state index in [0.717, 1.165) is 10.5 Å². The summed E-state index contributed by atoms with van der Waals surface area (Å²) in [5.74, 6) is 0.434. The third-order valence-corrected chi connectivity index (χ3v) is 3.37. The van der Waals surface area contributed by atoms with Gasteiger partial charge in [0.05, 0.1) is 12.7 Å². The lowest BCUT2D eigenvalue weighted by atomic mass is 10.2. The van der Waals surface area contributed by atoms with Gasteiger partial charge >= 0.3 is 0 Å². The summed E-state index contributed by atoms with van der Waals surface area (Å²) in [5.41, 5.74) is 6.57. The third kappa shape index (κ3) is 4.01. The lowest BCUT2D eigenvalue weighted by Gasteiger charge is -2.10. The van der Waals surface area contributed by atoms with Gasteiger partial charge in [0, 0.05) is 22.2 Å².